The van der Waals surface area contributed by atoms with E-state index in [1.807, 2.05) is 0 Å². The summed E-state index contributed by atoms with van der Waals surface area (Å²) in [5, 5.41) is 2.41. The minimum Gasteiger partial charge on any atom is -0.361 e. The molecule has 0 atom stereocenters. The second-order valence-corrected chi connectivity index (χ2v) is 5.67. The number of carbonyl (C=O) groups is 2. The Morgan fingerprint density at radius 1 is 0.947 bits per heavy atom. The fourth-order valence-electron chi connectivity index (χ4n) is 1.74. The van der Waals surface area contributed by atoms with Gasteiger partial charge in [0.2, 0.25) is 0 Å². The molecule has 0 aromatic rings. The zero-order valence-electron chi connectivity index (χ0n) is 13.7. The number of primary amides is 1. The van der Waals surface area contributed by atoms with Crippen molar-refractivity contribution < 1.29 is 14.1 Å². The van der Waals surface area contributed by atoms with Crippen LogP contribution in [0.25, 0.3) is 0 Å². The number of nitrogens with two attached hydrogens (primary N) is 1. The first-order chi connectivity index (χ1) is 8.57. The van der Waals surface area contributed by atoms with Crippen LogP contribution in [-0.2, 0) is 9.59 Å². The van der Waals surface area contributed by atoms with Crippen LogP contribution in [0.1, 0.15) is 48.5 Å². The van der Waals surface area contributed by atoms with Crippen molar-refractivity contribution in [1.82, 2.24) is 5.32 Å². The molecule has 0 aromatic carbocycles. The van der Waals surface area contributed by atoms with Crippen LogP contribution in [0.3, 0.4) is 0 Å². The molecule has 0 aliphatic carbocycles. The maximum atomic E-state index is 10.6. The maximum Gasteiger partial charge on any atom is 0.309 e. The molecular weight excluding hydrogens is 242 g/mol. The topological polar surface area (TPSA) is 72.2 Å². The predicted octanol–water partition coefficient (Wildman–Crippen LogP) is 1.27. The molecule has 5 nitrogen and oxygen atoms in total. The zero-order chi connectivity index (χ0) is 15.7. The van der Waals surface area contributed by atoms with Gasteiger partial charge >= 0.3 is 11.8 Å². The number of hydrogen-bond acceptors (Lipinski definition) is 2. The lowest BCUT2D eigenvalue weighted by Crippen LogP contribution is -2.47. The molecule has 19 heavy (non-hydrogen) atoms. The Kier molecular flexibility index (Phi) is 9.48. The first-order valence-electron chi connectivity index (χ1n) is 7.04. The van der Waals surface area contributed by atoms with Gasteiger partial charge in [0.05, 0.1) is 26.2 Å². The van der Waals surface area contributed by atoms with Gasteiger partial charge in [-0.15, -0.1) is 0 Å². The summed E-state index contributed by atoms with van der Waals surface area (Å²) in [5.74, 6) is -1.69. The van der Waals surface area contributed by atoms with Crippen molar-refractivity contribution in [3.63, 3.8) is 0 Å². The summed E-state index contributed by atoms with van der Waals surface area (Å²) < 4.78 is 1.28. The molecule has 2 amide bonds. The Hall–Kier alpha value is -1.10. The molecule has 0 spiro atoms. The van der Waals surface area contributed by atoms with Crippen molar-refractivity contribution in [2.45, 2.75) is 54.0 Å². The van der Waals surface area contributed by atoms with Crippen molar-refractivity contribution in [1.29, 1.82) is 0 Å². The van der Waals surface area contributed by atoms with E-state index in [1.54, 1.807) is 20.8 Å². The number of nitrogens with one attached hydrogen (secondary N) is 1. The molecule has 0 bridgehead atoms. The van der Waals surface area contributed by atoms with Crippen molar-refractivity contribution in [2.75, 3.05) is 26.2 Å². The number of rotatable bonds is 4. The molecule has 3 N–H and O–H groups in total. The number of hydrogen-bond donors (Lipinski definition) is 2. The van der Waals surface area contributed by atoms with Crippen LogP contribution >= 0.6 is 0 Å². The number of amides is 2. The first kappa shape index (κ1) is 20.2. The summed E-state index contributed by atoms with van der Waals surface area (Å²) in [7, 11) is 0. The predicted molar refractivity (Wildman–Crippen MR) is 79.5 cm³/mol. The van der Waals surface area contributed by atoms with Gasteiger partial charge in [-0.05, 0) is 48.5 Å². The van der Waals surface area contributed by atoms with E-state index in [4.69, 9.17) is 5.73 Å². The van der Waals surface area contributed by atoms with E-state index in [9.17, 15) is 9.59 Å². The van der Waals surface area contributed by atoms with Gasteiger partial charge in [0, 0.05) is 5.54 Å². The van der Waals surface area contributed by atoms with E-state index in [1.165, 1.54) is 30.7 Å². The monoisotopic (exact) mass is 274 g/mol. The molecule has 0 radical (unpaired) electrons. The molecule has 0 saturated heterocycles. The molecule has 0 aliphatic heterocycles. The van der Waals surface area contributed by atoms with Gasteiger partial charge < -0.3 is 15.5 Å². The van der Waals surface area contributed by atoms with Gasteiger partial charge in [0.25, 0.3) is 0 Å². The van der Waals surface area contributed by atoms with Crippen molar-refractivity contribution >= 4 is 11.8 Å². The highest BCUT2D eigenvalue weighted by atomic mass is 16.2. The molecule has 5 heteroatoms. The molecule has 0 rings (SSSR count). The van der Waals surface area contributed by atoms with Gasteiger partial charge in [0.1, 0.15) is 0 Å². The summed E-state index contributed by atoms with van der Waals surface area (Å²) in [6.07, 6.45) is 0. The highest BCUT2D eigenvalue weighted by molar-refractivity contribution is 6.34. The van der Waals surface area contributed by atoms with Gasteiger partial charge in [-0.2, -0.15) is 0 Å². The van der Waals surface area contributed by atoms with Crippen molar-refractivity contribution in [3.05, 3.63) is 0 Å². The van der Waals surface area contributed by atoms with E-state index in [2.05, 4.69) is 33.0 Å². The zero-order valence-corrected chi connectivity index (χ0v) is 13.7. The third kappa shape index (κ3) is 9.47. The van der Waals surface area contributed by atoms with E-state index < -0.39 is 17.4 Å². The SMILES string of the molecule is CC(C)(C)NC(=O)C(N)=O.CC[N+](CC)(CC)CC. The van der Waals surface area contributed by atoms with Gasteiger partial charge in [-0.25, -0.2) is 0 Å². The number of quaternary nitrogens is 1. The van der Waals surface area contributed by atoms with Gasteiger partial charge in [0.15, 0.2) is 0 Å². The second-order valence-electron chi connectivity index (χ2n) is 5.67. The van der Waals surface area contributed by atoms with Crippen LogP contribution in [0, 0.1) is 0 Å². The molecule has 0 aromatic heterocycles. The Bertz CT molecular complexity index is 261. The summed E-state index contributed by atoms with van der Waals surface area (Å²) in [4.78, 5) is 20.8. The first-order valence-corrected chi connectivity index (χ1v) is 7.04. The molecule has 0 aliphatic rings. The van der Waals surface area contributed by atoms with Crippen LogP contribution in [0.15, 0.2) is 0 Å². The smallest absolute Gasteiger partial charge is 0.309 e. The van der Waals surface area contributed by atoms with Crippen LogP contribution in [0.2, 0.25) is 0 Å². The highest BCUT2D eigenvalue weighted by Crippen LogP contribution is 2.03. The van der Waals surface area contributed by atoms with Crippen LogP contribution in [0.5, 0.6) is 0 Å². The Balaban J connectivity index is 0. The summed E-state index contributed by atoms with van der Waals surface area (Å²) in [6.45, 7) is 19.5. The van der Waals surface area contributed by atoms with Gasteiger partial charge in [-0.1, -0.05) is 0 Å². The molecule has 0 fully saturated rings. The Labute approximate surface area is 118 Å². The lowest BCUT2D eigenvalue weighted by Gasteiger charge is -2.34. The maximum absolute atomic E-state index is 10.6. The summed E-state index contributed by atoms with van der Waals surface area (Å²) >= 11 is 0. The molecule has 0 unspecified atom stereocenters. The highest BCUT2D eigenvalue weighted by Gasteiger charge is 2.17. The molecular formula is C14H32N3O2+. The van der Waals surface area contributed by atoms with Crippen molar-refractivity contribution in [2.24, 2.45) is 5.73 Å². The number of nitrogens with zero attached hydrogens (tertiary/aromatic N) is 1. The summed E-state index contributed by atoms with van der Waals surface area (Å²) in [6, 6.07) is 0. The van der Waals surface area contributed by atoms with Crippen LogP contribution in [-0.4, -0.2) is 48.0 Å². The molecule has 114 valence electrons. The van der Waals surface area contributed by atoms with E-state index in [0.29, 0.717) is 0 Å². The van der Waals surface area contributed by atoms with E-state index in [0.717, 1.165) is 0 Å². The lowest BCUT2D eigenvalue weighted by molar-refractivity contribution is -0.921. The Morgan fingerprint density at radius 2 is 1.26 bits per heavy atom. The van der Waals surface area contributed by atoms with Crippen LogP contribution < -0.4 is 11.1 Å². The minimum absolute atomic E-state index is 0.397. The third-order valence-electron chi connectivity index (χ3n) is 3.40. The average Bonchev–Trinajstić information content (AvgIpc) is 2.31. The van der Waals surface area contributed by atoms with E-state index in [-0.39, 0.29) is 0 Å². The second kappa shape index (κ2) is 8.91. The minimum atomic E-state index is -0.949. The largest absolute Gasteiger partial charge is 0.361 e. The fraction of sp³-hybridized carbons (Fsp3) is 0.857. The fourth-order valence-corrected chi connectivity index (χ4v) is 1.74. The normalized spacial score (nSPS) is 11.3. The number of carbonyl (C=O) groups excluding carboxylic acids is 2. The molecule has 0 heterocycles. The average molecular weight is 274 g/mol. The molecule has 0 saturated carbocycles. The third-order valence-corrected chi connectivity index (χ3v) is 3.40. The van der Waals surface area contributed by atoms with E-state index >= 15 is 0 Å². The quantitative estimate of drug-likeness (QED) is 0.598. The summed E-state index contributed by atoms with van der Waals surface area (Å²) in [5.41, 5.74) is 4.30. The lowest BCUT2D eigenvalue weighted by atomic mass is 10.1. The van der Waals surface area contributed by atoms with Crippen LogP contribution in [0.4, 0.5) is 0 Å². The van der Waals surface area contributed by atoms with Gasteiger partial charge in [-0.3, -0.25) is 9.59 Å². The standard InChI is InChI=1S/C8H20N.C6H12N2O2/c1-5-9(6-2,7-3)8-4;1-6(2,3)8-5(10)4(7)9/h5-8H2,1-4H3;1-3H3,(H2,7,9)(H,8,10)/q+1;. The Morgan fingerprint density at radius 3 is 1.32 bits per heavy atom. The van der Waals surface area contributed by atoms with Crippen molar-refractivity contribution in [3.8, 4) is 0 Å².